The summed E-state index contributed by atoms with van der Waals surface area (Å²) in [4.78, 5) is 28.2. The van der Waals surface area contributed by atoms with Crippen molar-refractivity contribution >= 4 is 23.2 Å². The van der Waals surface area contributed by atoms with Gasteiger partial charge in [-0.15, -0.1) is 0 Å². The average molecular weight is 344 g/mol. The number of amides is 2. The highest BCUT2D eigenvalue weighted by Crippen LogP contribution is 2.38. The molecule has 1 aliphatic rings. The van der Waals surface area contributed by atoms with Crippen LogP contribution in [-0.4, -0.2) is 35.1 Å². The number of aromatic hydroxyl groups is 2. The van der Waals surface area contributed by atoms with Crippen molar-refractivity contribution in [2.75, 3.05) is 16.8 Å². The van der Waals surface area contributed by atoms with Crippen molar-refractivity contribution < 1.29 is 24.2 Å². The molecule has 2 amide bonds. The van der Waals surface area contributed by atoms with Crippen LogP contribution in [0.25, 0.3) is 0 Å². The van der Waals surface area contributed by atoms with E-state index < -0.39 is 23.5 Å². The Hall–Kier alpha value is -3.09. The van der Waals surface area contributed by atoms with Crippen LogP contribution in [0, 0.1) is 5.82 Å². The molecule has 0 aromatic heterocycles. The Morgan fingerprint density at radius 1 is 1.16 bits per heavy atom. The van der Waals surface area contributed by atoms with Crippen LogP contribution in [0.1, 0.15) is 23.7 Å². The predicted molar refractivity (Wildman–Crippen MR) is 90.5 cm³/mol. The standard InChI is InChI=1S/C18H17FN2O4/c1-3-13-18(25)20(2)14-7-4-10(19)8-15(14)21(13)17(24)12-6-5-11(22)9-16(12)23/h4-9,13,22-23H,3H2,1-2H3/t13-/m0/s1. The van der Waals surface area contributed by atoms with Crippen molar-refractivity contribution in [3.8, 4) is 11.5 Å². The summed E-state index contributed by atoms with van der Waals surface area (Å²) in [5, 5.41) is 19.4. The maximum atomic E-state index is 13.8. The molecule has 0 spiro atoms. The number of hydrogen-bond acceptors (Lipinski definition) is 4. The molecule has 0 bridgehead atoms. The lowest BCUT2D eigenvalue weighted by Gasteiger charge is -2.40. The highest BCUT2D eigenvalue weighted by atomic mass is 19.1. The SMILES string of the molecule is CC[C@H]1C(=O)N(C)c2ccc(F)cc2N1C(=O)c1ccc(O)cc1O. The van der Waals surface area contributed by atoms with Crippen LogP contribution in [0.4, 0.5) is 15.8 Å². The molecular weight excluding hydrogens is 327 g/mol. The Morgan fingerprint density at radius 2 is 1.88 bits per heavy atom. The van der Waals surface area contributed by atoms with Crippen LogP contribution in [0.5, 0.6) is 11.5 Å². The molecule has 3 rings (SSSR count). The molecule has 1 aliphatic heterocycles. The van der Waals surface area contributed by atoms with E-state index in [0.29, 0.717) is 12.1 Å². The van der Waals surface area contributed by atoms with E-state index in [9.17, 15) is 24.2 Å². The number of halogens is 1. The molecule has 1 heterocycles. The second-order valence-corrected chi connectivity index (χ2v) is 5.83. The first-order valence-electron chi connectivity index (χ1n) is 7.77. The van der Waals surface area contributed by atoms with Crippen molar-refractivity contribution in [1.29, 1.82) is 0 Å². The van der Waals surface area contributed by atoms with E-state index in [2.05, 4.69) is 0 Å². The van der Waals surface area contributed by atoms with Crippen molar-refractivity contribution in [1.82, 2.24) is 0 Å². The second kappa shape index (κ2) is 6.08. The Morgan fingerprint density at radius 3 is 2.52 bits per heavy atom. The largest absolute Gasteiger partial charge is 0.508 e. The molecule has 130 valence electrons. The fourth-order valence-corrected chi connectivity index (χ4v) is 3.03. The van der Waals surface area contributed by atoms with Gasteiger partial charge in [0.2, 0.25) is 5.91 Å². The maximum Gasteiger partial charge on any atom is 0.262 e. The number of carbonyl (C=O) groups is 2. The van der Waals surface area contributed by atoms with E-state index >= 15 is 0 Å². The number of benzene rings is 2. The van der Waals surface area contributed by atoms with Crippen LogP contribution in [-0.2, 0) is 4.79 Å². The van der Waals surface area contributed by atoms with Crippen LogP contribution in [0.2, 0.25) is 0 Å². The molecule has 7 heteroatoms. The first kappa shape index (κ1) is 16.8. The van der Waals surface area contributed by atoms with Crippen molar-refractivity contribution in [2.24, 2.45) is 0 Å². The van der Waals surface area contributed by atoms with Gasteiger partial charge in [0.05, 0.1) is 16.9 Å². The second-order valence-electron chi connectivity index (χ2n) is 5.83. The fourth-order valence-electron chi connectivity index (χ4n) is 3.03. The van der Waals surface area contributed by atoms with Gasteiger partial charge in [0.15, 0.2) is 0 Å². The normalized spacial score (nSPS) is 16.8. The number of phenolic OH excluding ortho intramolecular Hbond substituents is 2. The number of carbonyl (C=O) groups excluding carboxylic acids is 2. The average Bonchev–Trinajstić information content (AvgIpc) is 2.57. The number of nitrogens with zero attached hydrogens (tertiary/aromatic N) is 2. The molecule has 2 aromatic rings. The zero-order valence-corrected chi connectivity index (χ0v) is 13.7. The fraction of sp³-hybridized carbons (Fsp3) is 0.222. The van der Waals surface area contributed by atoms with Gasteiger partial charge in [-0.25, -0.2) is 4.39 Å². The molecule has 2 N–H and O–H groups in total. The molecule has 25 heavy (non-hydrogen) atoms. The van der Waals surface area contributed by atoms with Gasteiger partial charge < -0.3 is 15.1 Å². The van der Waals surface area contributed by atoms with Gasteiger partial charge in [0.1, 0.15) is 23.4 Å². The van der Waals surface area contributed by atoms with Gasteiger partial charge in [-0.3, -0.25) is 14.5 Å². The van der Waals surface area contributed by atoms with Gasteiger partial charge in [0, 0.05) is 13.1 Å². The molecule has 1 atom stereocenters. The third-order valence-electron chi connectivity index (χ3n) is 4.30. The maximum absolute atomic E-state index is 13.8. The minimum Gasteiger partial charge on any atom is -0.508 e. The molecule has 0 aliphatic carbocycles. The smallest absolute Gasteiger partial charge is 0.262 e. The molecule has 0 unspecified atom stereocenters. The first-order chi connectivity index (χ1) is 11.8. The minimum atomic E-state index is -0.819. The van der Waals surface area contributed by atoms with Crippen LogP contribution < -0.4 is 9.80 Å². The number of phenols is 2. The van der Waals surface area contributed by atoms with Crippen molar-refractivity contribution in [2.45, 2.75) is 19.4 Å². The van der Waals surface area contributed by atoms with Crippen LogP contribution >= 0.6 is 0 Å². The molecule has 2 aromatic carbocycles. The topological polar surface area (TPSA) is 81.1 Å². The van der Waals surface area contributed by atoms with Crippen LogP contribution in [0.3, 0.4) is 0 Å². The Balaban J connectivity index is 2.18. The van der Waals surface area contributed by atoms with Crippen molar-refractivity contribution in [3.63, 3.8) is 0 Å². The summed E-state index contributed by atoms with van der Waals surface area (Å²) in [7, 11) is 1.57. The third-order valence-corrected chi connectivity index (χ3v) is 4.30. The summed E-state index contributed by atoms with van der Waals surface area (Å²) >= 11 is 0. The quantitative estimate of drug-likeness (QED) is 0.878. The van der Waals surface area contributed by atoms with Gasteiger partial charge in [0.25, 0.3) is 5.91 Å². The number of likely N-dealkylation sites (N-methyl/N-ethyl adjacent to an activating group) is 1. The van der Waals surface area contributed by atoms with E-state index in [1.807, 2.05) is 0 Å². The lowest BCUT2D eigenvalue weighted by molar-refractivity contribution is -0.119. The first-order valence-corrected chi connectivity index (χ1v) is 7.77. The highest BCUT2D eigenvalue weighted by molar-refractivity contribution is 6.18. The van der Waals surface area contributed by atoms with Gasteiger partial charge in [-0.05, 0) is 36.8 Å². The lowest BCUT2D eigenvalue weighted by Crippen LogP contribution is -2.54. The Bertz CT molecular complexity index is 868. The van der Waals surface area contributed by atoms with E-state index in [4.69, 9.17) is 0 Å². The number of fused-ring (bicyclic) bond motifs is 1. The summed E-state index contributed by atoms with van der Waals surface area (Å²) in [5.74, 6) is -2.08. The van der Waals surface area contributed by atoms with Gasteiger partial charge in [-0.2, -0.15) is 0 Å². The molecule has 0 fully saturated rings. The molecule has 0 saturated carbocycles. The number of rotatable bonds is 2. The summed E-state index contributed by atoms with van der Waals surface area (Å²) in [6.07, 6.45) is 0.323. The zero-order chi connectivity index (χ0) is 18.3. The van der Waals surface area contributed by atoms with Gasteiger partial charge in [-0.1, -0.05) is 6.92 Å². The molecule has 0 radical (unpaired) electrons. The van der Waals surface area contributed by atoms with Gasteiger partial charge >= 0.3 is 0 Å². The minimum absolute atomic E-state index is 0.0798. The predicted octanol–water partition coefficient (Wildman–Crippen LogP) is 2.64. The van der Waals surface area contributed by atoms with E-state index in [1.165, 1.54) is 40.1 Å². The third kappa shape index (κ3) is 2.67. The van der Waals surface area contributed by atoms with Crippen molar-refractivity contribution in [3.05, 3.63) is 47.8 Å². The summed E-state index contributed by atoms with van der Waals surface area (Å²) in [6, 6.07) is 6.59. The molecule has 6 nitrogen and oxygen atoms in total. The summed E-state index contributed by atoms with van der Waals surface area (Å²) < 4.78 is 13.8. The van der Waals surface area contributed by atoms with E-state index in [1.54, 1.807) is 14.0 Å². The Kier molecular flexibility index (Phi) is 4.08. The van der Waals surface area contributed by atoms with Crippen LogP contribution in [0.15, 0.2) is 36.4 Å². The number of anilines is 2. The zero-order valence-electron chi connectivity index (χ0n) is 13.7. The lowest BCUT2D eigenvalue weighted by atomic mass is 10.0. The summed E-state index contributed by atoms with van der Waals surface area (Å²) in [6.45, 7) is 1.75. The highest BCUT2D eigenvalue weighted by Gasteiger charge is 2.40. The Labute approximate surface area is 143 Å². The molecule has 0 saturated heterocycles. The monoisotopic (exact) mass is 344 g/mol. The molecular formula is C18H17FN2O4. The van der Waals surface area contributed by atoms with E-state index in [-0.39, 0.29) is 22.9 Å². The number of hydrogen-bond donors (Lipinski definition) is 2. The van der Waals surface area contributed by atoms with E-state index in [0.717, 1.165) is 6.07 Å². The summed E-state index contributed by atoms with van der Waals surface area (Å²) in [5.41, 5.74) is 0.581.